The fourth-order valence-electron chi connectivity index (χ4n) is 2.66. The Balaban J connectivity index is 2.08. The smallest absolute Gasteiger partial charge is 0.417 e. The number of halogens is 4. The zero-order valence-corrected chi connectivity index (χ0v) is 15.9. The summed E-state index contributed by atoms with van der Waals surface area (Å²) in [7, 11) is -4.21. The third-order valence-corrected chi connectivity index (χ3v) is 6.06. The first-order valence-electron chi connectivity index (χ1n) is 8.04. The zero-order chi connectivity index (χ0) is 20.5. The van der Waals surface area contributed by atoms with E-state index in [9.17, 15) is 21.6 Å². The van der Waals surface area contributed by atoms with Gasteiger partial charge in [-0.1, -0.05) is 17.7 Å². The third kappa shape index (κ3) is 3.90. The van der Waals surface area contributed by atoms with Crippen molar-refractivity contribution >= 4 is 27.3 Å². The summed E-state index contributed by atoms with van der Waals surface area (Å²) in [5.74, 6) is 0.643. The highest BCUT2D eigenvalue weighted by Crippen LogP contribution is 2.39. The Morgan fingerprint density at radius 1 is 1.11 bits per heavy atom. The largest absolute Gasteiger partial charge is 0.486 e. The molecule has 2 aromatic rings. The topological polar surface area (TPSA) is 55.8 Å². The van der Waals surface area contributed by atoms with Crippen LogP contribution in [0.1, 0.15) is 5.56 Å². The Bertz CT molecular complexity index is 1010. The van der Waals surface area contributed by atoms with Crippen molar-refractivity contribution in [2.24, 2.45) is 0 Å². The minimum atomic E-state index is -4.73. The molecule has 0 bridgehead atoms. The van der Waals surface area contributed by atoms with Gasteiger partial charge in [0.1, 0.15) is 13.2 Å². The van der Waals surface area contributed by atoms with Crippen LogP contribution in [0.4, 0.5) is 18.9 Å². The van der Waals surface area contributed by atoms with Crippen molar-refractivity contribution in [1.82, 2.24) is 0 Å². The lowest BCUT2D eigenvalue weighted by Crippen LogP contribution is -2.31. The molecule has 0 radical (unpaired) electrons. The predicted molar refractivity (Wildman–Crippen MR) is 98.6 cm³/mol. The van der Waals surface area contributed by atoms with Crippen LogP contribution in [0.2, 0.25) is 5.02 Å². The second-order valence-corrected chi connectivity index (χ2v) is 8.06. The van der Waals surface area contributed by atoms with Gasteiger partial charge in [0.25, 0.3) is 10.0 Å². The molecular formula is C18H15ClF3NO4S. The number of hydrogen-bond donors (Lipinski definition) is 0. The van der Waals surface area contributed by atoms with Crippen molar-refractivity contribution in [2.75, 3.05) is 24.1 Å². The number of ether oxygens (including phenoxy) is 2. The van der Waals surface area contributed by atoms with Crippen LogP contribution >= 0.6 is 11.6 Å². The number of hydrogen-bond acceptors (Lipinski definition) is 4. The van der Waals surface area contributed by atoms with E-state index in [0.29, 0.717) is 18.4 Å². The van der Waals surface area contributed by atoms with E-state index >= 15 is 0 Å². The maximum atomic E-state index is 13.2. The van der Waals surface area contributed by atoms with Gasteiger partial charge in [-0.15, -0.1) is 6.58 Å². The van der Waals surface area contributed by atoms with Crippen molar-refractivity contribution < 1.29 is 31.1 Å². The van der Waals surface area contributed by atoms with Gasteiger partial charge in [-0.3, -0.25) is 4.31 Å². The van der Waals surface area contributed by atoms with Crippen molar-refractivity contribution in [1.29, 1.82) is 0 Å². The van der Waals surface area contributed by atoms with Crippen molar-refractivity contribution in [3.63, 3.8) is 0 Å². The number of anilines is 1. The molecule has 1 heterocycles. The maximum Gasteiger partial charge on any atom is 0.417 e. The highest BCUT2D eigenvalue weighted by Gasteiger charge is 2.35. The Hall–Kier alpha value is -2.39. The molecule has 0 unspecified atom stereocenters. The van der Waals surface area contributed by atoms with Crippen molar-refractivity contribution in [3.05, 3.63) is 59.6 Å². The van der Waals surface area contributed by atoms with E-state index in [-0.39, 0.29) is 29.5 Å². The van der Waals surface area contributed by atoms with E-state index < -0.39 is 26.8 Å². The maximum absolute atomic E-state index is 13.2. The molecule has 2 aromatic carbocycles. The predicted octanol–water partition coefficient (Wildman–Crippen LogP) is 4.51. The molecule has 0 atom stereocenters. The summed E-state index contributed by atoms with van der Waals surface area (Å²) in [5, 5.41) is -0.522. The van der Waals surface area contributed by atoms with Crippen molar-refractivity contribution in [2.45, 2.75) is 11.1 Å². The molecule has 0 spiro atoms. The first-order valence-corrected chi connectivity index (χ1v) is 9.86. The van der Waals surface area contributed by atoms with Crippen LogP contribution in [0, 0.1) is 0 Å². The van der Waals surface area contributed by atoms with Gasteiger partial charge < -0.3 is 9.47 Å². The first kappa shape index (κ1) is 20.3. The summed E-state index contributed by atoms with van der Waals surface area (Å²) in [6, 6.07) is 6.93. The van der Waals surface area contributed by atoms with E-state index in [1.54, 1.807) is 0 Å². The lowest BCUT2D eigenvalue weighted by atomic mass is 10.2. The lowest BCUT2D eigenvalue weighted by Gasteiger charge is -2.25. The third-order valence-electron chi connectivity index (χ3n) is 3.94. The standard InChI is InChI=1S/C18H15ClF3NO4S/c1-2-7-23(12-3-5-15(19)14(10-12)18(20,21)22)28(24,25)13-4-6-16-17(11-13)27-9-8-26-16/h2-6,10-11H,1,7-9H2. The van der Waals surface area contributed by atoms with Crippen LogP contribution in [-0.2, 0) is 16.2 Å². The van der Waals surface area contributed by atoms with Gasteiger partial charge in [0.2, 0.25) is 0 Å². The number of nitrogens with zero attached hydrogens (tertiary/aromatic N) is 1. The molecule has 3 rings (SSSR count). The number of sulfonamides is 1. The fraction of sp³-hybridized carbons (Fsp3) is 0.222. The average molecular weight is 434 g/mol. The second-order valence-electron chi connectivity index (χ2n) is 5.79. The molecular weight excluding hydrogens is 419 g/mol. The highest BCUT2D eigenvalue weighted by atomic mass is 35.5. The Kier molecular flexibility index (Phi) is 5.49. The Labute approximate surface area is 165 Å². The molecule has 1 aliphatic rings. The summed E-state index contributed by atoms with van der Waals surface area (Å²) in [5.41, 5.74) is -1.32. The van der Waals surface area contributed by atoms with E-state index in [2.05, 4.69) is 6.58 Å². The van der Waals surface area contributed by atoms with Crippen molar-refractivity contribution in [3.8, 4) is 11.5 Å². The molecule has 5 nitrogen and oxygen atoms in total. The summed E-state index contributed by atoms with van der Waals surface area (Å²) in [4.78, 5) is -0.151. The molecule has 10 heteroatoms. The summed E-state index contributed by atoms with van der Waals surface area (Å²) < 4.78 is 77.4. The van der Waals surface area contributed by atoms with Crippen LogP contribution in [0.5, 0.6) is 11.5 Å². The van der Waals surface area contributed by atoms with Gasteiger partial charge in [-0.25, -0.2) is 8.42 Å². The van der Waals surface area contributed by atoms with Crippen LogP contribution in [0.15, 0.2) is 53.9 Å². The first-order chi connectivity index (χ1) is 13.1. The van der Waals surface area contributed by atoms with Crippen LogP contribution < -0.4 is 13.8 Å². The fourth-order valence-corrected chi connectivity index (χ4v) is 4.32. The Morgan fingerprint density at radius 2 is 1.79 bits per heavy atom. The van der Waals surface area contributed by atoms with E-state index in [1.165, 1.54) is 30.3 Å². The van der Waals surface area contributed by atoms with Crippen LogP contribution in [-0.4, -0.2) is 28.2 Å². The lowest BCUT2D eigenvalue weighted by molar-refractivity contribution is -0.137. The van der Waals surface area contributed by atoms with Gasteiger partial charge in [-0.2, -0.15) is 13.2 Å². The van der Waals surface area contributed by atoms with Gasteiger partial charge >= 0.3 is 6.18 Å². The normalized spacial score (nSPS) is 13.9. The summed E-state index contributed by atoms with van der Waals surface area (Å²) in [6.07, 6.45) is -3.45. The van der Waals surface area contributed by atoms with Crippen LogP contribution in [0.3, 0.4) is 0 Å². The zero-order valence-electron chi connectivity index (χ0n) is 14.4. The van der Waals surface area contributed by atoms with Gasteiger partial charge in [0.05, 0.1) is 27.7 Å². The van der Waals surface area contributed by atoms with E-state index in [0.717, 1.165) is 10.4 Å². The minimum absolute atomic E-state index is 0.151. The monoisotopic (exact) mass is 433 g/mol. The van der Waals surface area contributed by atoms with Crippen LogP contribution in [0.25, 0.3) is 0 Å². The SMILES string of the molecule is C=CCN(c1ccc(Cl)c(C(F)(F)F)c1)S(=O)(=O)c1ccc2c(c1)OCCO2. The number of alkyl halides is 3. The quantitative estimate of drug-likeness (QED) is 0.651. The van der Waals surface area contributed by atoms with E-state index in [4.69, 9.17) is 21.1 Å². The van der Waals surface area contributed by atoms with Gasteiger partial charge in [-0.05, 0) is 30.3 Å². The minimum Gasteiger partial charge on any atom is -0.486 e. The summed E-state index contributed by atoms with van der Waals surface area (Å²) >= 11 is 5.63. The molecule has 1 aliphatic heterocycles. The van der Waals surface area contributed by atoms with E-state index in [1.807, 2.05) is 0 Å². The summed E-state index contributed by atoms with van der Waals surface area (Å²) in [6.45, 7) is 3.86. The second kappa shape index (κ2) is 7.56. The molecule has 0 saturated carbocycles. The molecule has 0 aromatic heterocycles. The number of rotatable bonds is 5. The molecule has 0 N–H and O–H groups in total. The van der Waals surface area contributed by atoms with Gasteiger partial charge in [0.15, 0.2) is 11.5 Å². The molecule has 0 fully saturated rings. The number of benzene rings is 2. The molecule has 150 valence electrons. The molecule has 28 heavy (non-hydrogen) atoms. The number of fused-ring (bicyclic) bond motifs is 1. The Morgan fingerprint density at radius 3 is 2.43 bits per heavy atom. The molecule has 0 aliphatic carbocycles. The molecule has 0 amide bonds. The average Bonchev–Trinajstić information content (AvgIpc) is 2.65. The highest BCUT2D eigenvalue weighted by molar-refractivity contribution is 7.92. The molecule has 0 saturated heterocycles. The van der Waals surface area contributed by atoms with Gasteiger partial charge in [0, 0.05) is 6.07 Å².